The van der Waals surface area contributed by atoms with E-state index in [0.29, 0.717) is 5.54 Å². The van der Waals surface area contributed by atoms with Gasteiger partial charge < -0.3 is 5.73 Å². The van der Waals surface area contributed by atoms with Gasteiger partial charge in [-0.1, -0.05) is 20.8 Å². The number of hydrogen-bond acceptors (Lipinski definition) is 2. The summed E-state index contributed by atoms with van der Waals surface area (Å²) in [5.41, 5.74) is 6.56. The topological polar surface area (TPSA) is 29.3 Å². The van der Waals surface area contributed by atoms with Crippen molar-refractivity contribution in [3.63, 3.8) is 0 Å². The monoisotopic (exact) mass is 252 g/mol. The van der Waals surface area contributed by atoms with Gasteiger partial charge in [0.05, 0.1) is 0 Å². The van der Waals surface area contributed by atoms with E-state index in [1.807, 2.05) is 0 Å². The molecule has 2 atom stereocenters. The highest BCUT2D eigenvalue weighted by Gasteiger charge is 2.42. The minimum atomic E-state index is 0.315. The van der Waals surface area contributed by atoms with Gasteiger partial charge in [0.25, 0.3) is 0 Å². The smallest absolute Gasteiger partial charge is 0.0336 e. The van der Waals surface area contributed by atoms with Crippen LogP contribution in [0.3, 0.4) is 0 Å². The van der Waals surface area contributed by atoms with E-state index in [9.17, 15) is 0 Å². The lowest BCUT2D eigenvalue weighted by Gasteiger charge is -2.50. The Bertz CT molecular complexity index is 250. The van der Waals surface area contributed by atoms with Crippen molar-refractivity contribution in [2.75, 3.05) is 19.6 Å². The van der Waals surface area contributed by atoms with Crippen LogP contribution in [0.1, 0.15) is 59.3 Å². The fourth-order valence-electron chi connectivity index (χ4n) is 4.19. The second-order valence-corrected chi connectivity index (χ2v) is 7.17. The van der Waals surface area contributed by atoms with E-state index in [2.05, 4.69) is 25.7 Å². The molecule has 0 aromatic rings. The molecule has 2 rings (SSSR count). The van der Waals surface area contributed by atoms with Gasteiger partial charge in [0.1, 0.15) is 0 Å². The molecule has 2 aliphatic carbocycles. The molecule has 0 aromatic carbocycles. The summed E-state index contributed by atoms with van der Waals surface area (Å²) in [6.07, 6.45) is 8.20. The maximum absolute atomic E-state index is 6.25. The molecule has 0 bridgehead atoms. The van der Waals surface area contributed by atoms with Crippen molar-refractivity contribution in [3.8, 4) is 0 Å². The summed E-state index contributed by atoms with van der Waals surface area (Å²) >= 11 is 0. The van der Waals surface area contributed by atoms with Crippen LogP contribution >= 0.6 is 0 Å². The van der Waals surface area contributed by atoms with Crippen LogP contribution in [0.4, 0.5) is 0 Å². The van der Waals surface area contributed by atoms with Gasteiger partial charge in [0.2, 0.25) is 0 Å². The second-order valence-electron chi connectivity index (χ2n) is 7.17. The molecule has 2 N–H and O–H groups in total. The molecule has 2 heteroatoms. The number of nitrogens with zero attached hydrogens (tertiary/aromatic N) is 1. The van der Waals surface area contributed by atoms with Gasteiger partial charge in [-0.05, 0) is 62.8 Å². The molecule has 0 amide bonds. The predicted molar refractivity (Wildman–Crippen MR) is 78.6 cm³/mol. The van der Waals surface area contributed by atoms with Crippen molar-refractivity contribution < 1.29 is 0 Å². The van der Waals surface area contributed by atoms with E-state index in [0.717, 1.165) is 24.3 Å². The Morgan fingerprint density at radius 2 is 1.78 bits per heavy atom. The Morgan fingerprint density at radius 3 is 2.22 bits per heavy atom. The highest BCUT2D eigenvalue weighted by Crippen LogP contribution is 2.41. The lowest BCUT2D eigenvalue weighted by atomic mass is 9.70. The molecule has 0 aromatic heterocycles. The predicted octanol–water partition coefficient (Wildman–Crippen LogP) is 3.26. The van der Waals surface area contributed by atoms with Crippen LogP contribution in [0.15, 0.2) is 0 Å². The fraction of sp³-hybridized carbons (Fsp3) is 1.00. The molecule has 0 spiro atoms. The Labute approximate surface area is 113 Å². The van der Waals surface area contributed by atoms with Crippen LogP contribution in [0.25, 0.3) is 0 Å². The second kappa shape index (κ2) is 5.92. The number of rotatable bonds is 6. The first-order chi connectivity index (χ1) is 8.59. The van der Waals surface area contributed by atoms with E-state index in [4.69, 9.17) is 5.73 Å². The minimum absolute atomic E-state index is 0.315. The van der Waals surface area contributed by atoms with Crippen LogP contribution < -0.4 is 5.73 Å². The summed E-state index contributed by atoms with van der Waals surface area (Å²) in [6.45, 7) is 10.6. The molecule has 2 aliphatic rings. The SMILES string of the molecule is CCCN(CC1CC1)C1(CN)CC(C)CC(C)C1. The van der Waals surface area contributed by atoms with Crippen molar-refractivity contribution in [3.05, 3.63) is 0 Å². The van der Waals surface area contributed by atoms with E-state index in [1.54, 1.807) is 0 Å². The molecule has 2 unspecified atom stereocenters. The summed E-state index contributed by atoms with van der Waals surface area (Å²) < 4.78 is 0. The van der Waals surface area contributed by atoms with Gasteiger partial charge in [-0.15, -0.1) is 0 Å². The maximum atomic E-state index is 6.25. The summed E-state index contributed by atoms with van der Waals surface area (Å²) in [5, 5.41) is 0. The van der Waals surface area contributed by atoms with Gasteiger partial charge in [0.15, 0.2) is 0 Å². The summed E-state index contributed by atoms with van der Waals surface area (Å²) in [4.78, 5) is 2.77. The molecule has 2 fully saturated rings. The largest absolute Gasteiger partial charge is 0.329 e. The zero-order valence-corrected chi connectivity index (χ0v) is 12.6. The Hall–Kier alpha value is -0.0800. The Balaban J connectivity index is 2.09. The zero-order chi connectivity index (χ0) is 13.2. The van der Waals surface area contributed by atoms with Crippen LogP contribution in [0.2, 0.25) is 0 Å². The molecule has 0 aliphatic heterocycles. The minimum Gasteiger partial charge on any atom is -0.329 e. The van der Waals surface area contributed by atoms with Crippen molar-refractivity contribution in [2.45, 2.75) is 64.8 Å². The van der Waals surface area contributed by atoms with Crippen LogP contribution in [-0.4, -0.2) is 30.1 Å². The van der Waals surface area contributed by atoms with Gasteiger partial charge >= 0.3 is 0 Å². The van der Waals surface area contributed by atoms with E-state index in [-0.39, 0.29) is 0 Å². The van der Waals surface area contributed by atoms with Crippen molar-refractivity contribution in [1.82, 2.24) is 4.90 Å². The first-order valence-corrected chi connectivity index (χ1v) is 8.04. The molecule has 0 radical (unpaired) electrons. The molecule has 0 saturated heterocycles. The van der Waals surface area contributed by atoms with E-state index < -0.39 is 0 Å². The molecule has 0 heterocycles. The summed E-state index contributed by atoms with van der Waals surface area (Å²) in [7, 11) is 0. The van der Waals surface area contributed by atoms with E-state index in [1.165, 1.54) is 51.6 Å². The third-order valence-electron chi connectivity index (χ3n) is 4.98. The van der Waals surface area contributed by atoms with Crippen molar-refractivity contribution >= 4 is 0 Å². The van der Waals surface area contributed by atoms with Crippen molar-refractivity contribution in [2.24, 2.45) is 23.5 Å². The molecule has 2 saturated carbocycles. The fourth-order valence-corrected chi connectivity index (χ4v) is 4.19. The molecule has 106 valence electrons. The zero-order valence-electron chi connectivity index (χ0n) is 12.6. The molecule has 18 heavy (non-hydrogen) atoms. The highest BCUT2D eigenvalue weighted by molar-refractivity contribution is 4.99. The van der Waals surface area contributed by atoms with Crippen molar-refractivity contribution in [1.29, 1.82) is 0 Å². The maximum Gasteiger partial charge on any atom is 0.0336 e. The van der Waals surface area contributed by atoms with Gasteiger partial charge in [-0.25, -0.2) is 0 Å². The standard InChI is InChI=1S/C16H32N2/c1-4-7-18(11-15-5-6-15)16(12-17)9-13(2)8-14(3)10-16/h13-15H,4-12,17H2,1-3H3. The van der Waals surface area contributed by atoms with Crippen LogP contribution in [-0.2, 0) is 0 Å². The van der Waals surface area contributed by atoms with Crippen LogP contribution in [0.5, 0.6) is 0 Å². The lowest BCUT2D eigenvalue weighted by molar-refractivity contribution is 0.0158. The lowest BCUT2D eigenvalue weighted by Crippen LogP contribution is -2.58. The highest BCUT2D eigenvalue weighted by atomic mass is 15.2. The molecule has 2 nitrogen and oxygen atoms in total. The number of nitrogens with two attached hydrogens (primary N) is 1. The van der Waals surface area contributed by atoms with Gasteiger partial charge in [-0.3, -0.25) is 4.90 Å². The van der Waals surface area contributed by atoms with E-state index >= 15 is 0 Å². The van der Waals surface area contributed by atoms with Crippen LogP contribution in [0, 0.1) is 17.8 Å². The third kappa shape index (κ3) is 3.27. The normalized spacial score (nSPS) is 37.2. The average molecular weight is 252 g/mol. The summed E-state index contributed by atoms with van der Waals surface area (Å²) in [5.74, 6) is 2.67. The van der Waals surface area contributed by atoms with Gasteiger partial charge in [-0.2, -0.15) is 0 Å². The van der Waals surface area contributed by atoms with Gasteiger partial charge in [0, 0.05) is 18.6 Å². The number of hydrogen-bond donors (Lipinski definition) is 1. The first kappa shape index (κ1) is 14.3. The summed E-state index contributed by atoms with van der Waals surface area (Å²) in [6, 6.07) is 0. The Kier molecular flexibility index (Phi) is 4.71. The average Bonchev–Trinajstić information content (AvgIpc) is 3.11. The molecular weight excluding hydrogens is 220 g/mol. The quantitative estimate of drug-likeness (QED) is 0.786. The Morgan fingerprint density at radius 1 is 1.17 bits per heavy atom. The first-order valence-electron chi connectivity index (χ1n) is 8.04. The third-order valence-corrected chi connectivity index (χ3v) is 4.98. The molecular formula is C16H32N2.